The summed E-state index contributed by atoms with van der Waals surface area (Å²) in [5, 5.41) is 11.2. The van der Waals surface area contributed by atoms with E-state index in [1.54, 1.807) is 0 Å². The Morgan fingerprint density at radius 2 is 1.89 bits per heavy atom. The van der Waals surface area contributed by atoms with E-state index in [9.17, 15) is 9.90 Å². The number of aliphatic hydroxyl groups excluding tert-OH is 1. The van der Waals surface area contributed by atoms with Crippen LogP contribution in [0.4, 0.5) is 0 Å². The Kier molecular flexibility index (Phi) is 6.65. The number of rotatable bonds is 5. The Morgan fingerprint density at radius 1 is 1.29 bits per heavy atom. The number of carbonyl (C=O) groups excluding carboxylic acids is 1. The van der Waals surface area contributed by atoms with Gasteiger partial charge in [0, 0.05) is 24.9 Å². The lowest BCUT2D eigenvalue weighted by Crippen LogP contribution is -2.59. The molecule has 0 saturated heterocycles. The molecular formula is C23H42O4Si. The largest absolute Gasteiger partial charge is 0.465 e. The van der Waals surface area contributed by atoms with E-state index in [1.165, 1.54) is 12.5 Å². The number of carbonyl (C=O) groups is 1. The molecule has 0 aromatic heterocycles. The summed E-state index contributed by atoms with van der Waals surface area (Å²) in [4.78, 5) is 11.4. The summed E-state index contributed by atoms with van der Waals surface area (Å²) in [6.45, 7) is 22.6. The van der Waals surface area contributed by atoms with Gasteiger partial charge in [-0.3, -0.25) is 4.79 Å². The van der Waals surface area contributed by atoms with Crippen LogP contribution in [0, 0.1) is 22.7 Å². The van der Waals surface area contributed by atoms with Crippen molar-refractivity contribution in [3.8, 4) is 0 Å². The summed E-state index contributed by atoms with van der Waals surface area (Å²) in [7, 11) is -1.90. The Bertz CT molecular complexity index is 608. The number of esters is 1. The standard InChI is InChI=1S/C23H42O4Si/c1-16-10-11-19-22(6,18(16)14-26-17(2)24)13-12-20(25)23(19,7)15-27-28(8,9)21(3,4)5/h18-20,25H,1,10-15H2,2-9H3/t18?,19-,20?,22?,23+/m0/s1. The van der Waals surface area contributed by atoms with E-state index in [-0.39, 0.29) is 33.9 Å². The fraction of sp³-hybridized carbons (Fsp3) is 0.870. The van der Waals surface area contributed by atoms with E-state index in [2.05, 4.69) is 54.3 Å². The van der Waals surface area contributed by atoms with Crippen molar-refractivity contribution in [2.24, 2.45) is 22.7 Å². The van der Waals surface area contributed by atoms with Crippen molar-refractivity contribution in [1.29, 1.82) is 0 Å². The molecule has 2 rings (SSSR count). The van der Waals surface area contributed by atoms with Crippen LogP contribution < -0.4 is 0 Å². The van der Waals surface area contributed by atoms with Crippen LogP contribution in [0.5, 0.6) is 0 Å². The first-order valence-electron chi connectivity index (χ1n) is 10.8. The van der Waals surface area contributed by atoms with E-state index in [4.69, 9.17) is 9.16 Å². The van der Waals surface area contributed by atoms with Crippen LogP contribution in [0.2, 0.25) is 18.1 Å². The third kappa shape index (κ3) is 4.27. The first-order valence-corrected chi connectivity index (χ1v) is 13.7. The highest BCUT2D eigenvalue weighted by molar-refractivity contribution is 6.74. The zero-order chi connectivity index (χ0) is 21.5. The van der Waals surface area contributed by atoms with Gasteiger partial charge in [-0.25, -0.2) is 0 Å². The second kappa shape index (κ2) is 7.88. The molecule has 5 heteroatoms. The summed E-state index contributed by atoms with van der Waals surface area (Å²) in [5.74, 6) is 0.229. The highest BCUT2D eigenvalue weighted by Gasteiger charge is 2.58. The molecule has 0 bridgehead atoms. The fourth-order valence-electron chi connectivity index (χ4n) is 5.24. The van der Waals surface area contributed by atoms with Gasteiger partial charge in [-0.2, -0.15) is 0 Å². The monoisotopic (exact) mass is 410 g/mol. The van der Waals surface area contributed by atoms with Gasteiger partial charge < -0.3 is 14.3 Å². The van der Waals surface area contributed by atoms with Crippen LogP contribution in [0.25, 0.3) is 0 Å². The molecule has 162 valence electrons. The Hall–Kier alpha value is -0.653. The summed E-state index contributed by atoms with van der Waals surface area (Å²) in [5.41, 5.74) is 0.858. The average Bonchev–Trinajstić information content (AvgIpc) is 2.55. The minimum atomic E-state index is -1.90. The zero-order valence-corrected chi connectivity index (χ0v) is 20.4. The third-order valence-corrected chi connectivity index (χ3v) is 12.8. The molecule has 0 spiro atoms. The van der Waals surface area contributed by atoms with Crippen molar-refractivity contribution in [2.45, 2.75) is 91.5 Å². The van der Waals surface area contributed by atoms with Crippen molar-refractivity contribution in [2.75, 3.05) is 13.2 Å². The molecule has 2 fully saturated rings. The van der Waals surface area contributed by atoms with Gasteiger partial charge in [-0.1, -0.05) is 46.8 Å². The Labute approximate surface area is 173 Å². The van der Waals surface area contributed by atoms with E-state index >= 15 is 0 Å². The van der Waals surface area contributed by atoms with Gasteiger partial charge in [0.1, 0.15) is 0 Å². The summed E-state index contributed by atoms with van der Waals surface area (Å²) >= 11 is 0. The van der Waals surface area contributed by atoms with Gasteiger partial charge in [0.05, 0.1) is 12.7 Å². The number of hydrogen-bond donors (Lipinski definition) is 1. The predicted molar refractivity (Wildman–Crippen MR) is 117 cm³/mol. The van der Waals surface area contributed by atoms with Gasteiger partial charge in [-0.05, 0) is 55.1 Å². The molecule has 3 unspecified atom stereocenters. The molecular weight excluding hydrogens is 368 g/mol. The van der Waals surface area contributed by atoms with Crippen LogP contribution in [-0.2, 0) is 14.0 Å². The van der Waals surface area contributed by atoms with E-state index < -0.39 is 8.32 Å². The van der Waals surface area contributed by atoms with Crippen LogP contribution in [0.3, 0.4) is 0 Å². The topological polar surface area (TPSA) is 55.8 Å². The number of fused-ring (bicyclic) bond motifs is 1. The van der Waals surface area contributed by atoms with Crippen molar-refractivity contribution in [3.05, 3.63) is 12.2 Å². The smallest absolute Gasteiger partial charge is 0.302 e. The molecule has 0 radical (unpaired) electrons. The van der Waals surface area contributed by atoms with Crippen LogP contribution in [0.15, 0.2) is 12.2 Å². The lowest BCUT2D eigenvalue weighted by atomic mass is 9.46. The molecule has 0 aromatic carbocycles. The molecule has 28 heavy (non-hydrogen) atoms. The van der Waals surface area contributed by atoms with Gasteiger partial charge in [0.2, 0.25) is 0 Å². The minimum Gasteiger partial charge on any atom is -0.465 e. The average molecular weight is 411 g/mol. The number of aliphatic hydroxyl groups is 1. The lowest BCUT2D eigenvalue weighted by molar-refractivity contribution is -0.163. The van der Waals surface area contributed by atoms with Gasteiger partial charge >= 0.3 is 5.97 Å². The molecule has 0 heterocycles. The SMILES string of the molecule is C=C1CC[C@H]2C(C)(CCC(O)[C@]2(C)CO[Si](C)(C)C(C)(C)C)C1COC(C)=O. The van der Waals surface area contributed by atoms with Crippen LogP contribution in [0.1, 0.15) is 67.2 Å². The van der Waals surface area contributed by atoms with Crippen molar-refractivity contribution in [1.82, 2.24) is 0 Å². The maximum absolute atomic E-state index is 11.4. The Balaban J connectivity index is 2.30. The van der Waals surface area contributed by atoms with E-state index in [1.807, 2.05) is 0 Å². The molecule has 1 N–H and O–H groups in total. The highest BCUT2D eigenvalue weighted by atomic mass is 28.4. The van der Waals surface area contributed by atoms with Gasteiger partial charge in [0.25, 0.3) is 0 Å². The zero-order valence-electron chi connectivity index (χ0n) is 19.4. The Morgan fingerprint density at radius 3 is 2.43 bits per heavy atom. The summed E-state index contributed by atoms with van der Waals surface area (Å²) in [6.07, 6.45) is 3.26. The normalized spacial score (nSPS) is 36.8. The summed E-state index contributed by atoms with van der Waals surface area (Å²) < 4.78 is 12.1. The molecule has 2 aliphatic rings. The number of hydrogen-bond acceptors (Lipinski definition) is 4. The molecule has 0 amide bonds. The van der Waals surface area contributed by atoms with Gasteiger partial charge in [-0.15, -0.1) is 0 Å². The molecule has 0 aromatic rings. The molecule has 5 atom stereocenters. The molecule has 4 nitrogen and oxygen atoms in total. The predicted octanol–water partition coefficient (Wildman–Crippen LogP) is 5.32. The number of ether oxygens (including phenoxy) is 1. The second-order valence-electron chi connectivity index (χ2n) is 11.2. The van der Waals surface area contributed by atoms with Crippen molar-refractivity contribution < 1.29 is 19.1 Å². The van der Waals surface area contributed by atoms with Crippen LogP contribution >= 0.6 is 0 Å². The minimum absolute atomic E-state index is 0.0322. The maximum Gasteiger partial charge on any atom is 0.302 e. The molecule has 0 aliphatic heterocycles. The van der Waals surface area contributed by atoms with Crippen LogP contribution in [-0.4, -0.2) is 38.7 Å². The summed E-state index contributed by atoms with van der Waals surface area (Å²) in [6, 6.07) is 0. The van der Waals surface area contributed by atoms with Crippen molar-refractivity contribution >= 4 is 14.3 Å². The first-order chi connectivity index (χ1) is 12.6. The fourth-order valence-corrected chi connectivity index (χ4v) is 6.35. The highest BCUT2D eigenvalue weighted by Crippen LogP contribution is 2.61. The van der Waals surface area contributed by atoms with E-state index in [0.717, 1.165) is 25.7 Å². The van der Waals surface area contributed by atoms with E-state index in [0.29, 0.717) is 19.1 Å². The second-order valence-corrected chi connectivity index (χ2v) is 16.0. The molecule has 2 saturated carbocycles. The quantitative estimate of drug-likeness (QED) is 0.378. The van der Waals surface area contributed by atoms with Gasteiger partial charge in [0.15, 0.2) is 8.32 Å². The first kappa shape index (κ1) is 23.6. The third-order valence-electron chi connectivity index (χ3n) is 8.36. The van der Waals surface area contributed by atoms with Crippen molar-refractivity contribution in [3.63, 3.8) is 0 Å². The maximum atomic E-state index is 11.4. The lowest BCUT2D eigenvalue weighted by Gasteiger charge is -2.60. The molecule has 2 aliphatic carbocycles.